The Morgan fingerprint density at radius 2 is 1.93 bits per heavy atom. The SMILES string of the molecule is COC(=O)COc1ccc(/C=C2\SC(=O)N(CC(=O)N3CCCCC3)C2=O)cc1I. The van der Waals surface area contributed by atoms with Gasteiger partial charge in [-0.2, -0.15) is 0 Å². The molecular formula is C20H21IN2O6S. The summed E-state index contributed by atoms with van der Waals surface area (Å²) in [5, 5.41) is -0.440. The first-order valence-corrected chi connectivity index (χ1v) is 11.3. The molecule has 2 fully saturated rings. The molecule has 0 atom stereocenters. The minimum atomic E-state index is -0.484. The summed E-state index contributed by atoms with van der Waals surface area (Å²) >= 11 is 2.89. The first-order valence-electron chi connectivity index (χ1n) is 9.41. The summed E-state index contributed by atoms with van der Waals surface area (Å²) in [6.07, 6.45) is 4.61. The Balaban J connectivity index is 1.66. The fourth-order valence-corrected chi connectivity index (χ4v) is 4.62. The fraction of sp³-hybridized carbons (Fsp3) is 0.400. The van der Waals surface area contributed by atoms with Crippen molar-refractivity contribution in [3.8, 4) is 5.75 Å². The number of thioether (sulfide) groups is 1. The molecule has 0 radical (unpaired) electrons. The third kappa shape index (κ3) is 5.54. The lowest BCUT2D eigenvalue weighted by Crippen LogP contribution is -2.44. The predicted molar refractivity (Wildman–Crippen MR) is 120 cm³/mol. The maximum atomic E-state index is 12.7. The van der Waals surface area contributed by atoms with Gasteiger partial charge >= 0.3 is 5.97 Å². The molecular weight excluding hydrogens is 523 g/mol. The van der Waals surface area contributed by atoms with Gasteiger partial charge < -0.3 is 14.4 Å². The monoisotopic (exact) mass is 544 g/mol. The third-order valence-electron chi connectivity index (χ3n) is 4.70. The van der Waals surface area contributed by atoms with Gasteiger partial charge in [-0.15, -0.1) is 0 Å². The summed E-state index contributed by atoms with van der Waals surface area (Å²) in [5.74, 6) is -0.627. The largest absolute Gasteiger partial charge is 0.481 e. The molecule has 8 nitrogen and oxygen atoms in total. The van der Waals surface area contributed by atoms with E-state index in [0.717, 1.165) is 39.5 Å². The van der Waals surface area contributed by atoms with E-state index in [-0.39, 0.29) is 24.0 Å². The first-order chi connectivity index (χ1) is 14.4. The van der Waals surface area contributed by atoms with Gasteiger partial charge in [0.05, 0.1) is 15.6 Å². The van der Waals surface area contributed by atoms with E-state index in [1.807, 2.05) is 0 Å². The molecule has 0 aromatic heterocycles. The number of esters is 1. The molecule has 2 heterocycles. The maximum absolute atomic E-state index is 12.7. The highest BCUT2D eigenvalue weighted by atomic mass is 127. The number of carbonyl (C=O) groups is 4. The van der Waals surface area contributed by atoms with Gasteiger partial charge in [0, 0.05) is 13.1 Å². The number of rotatable bonds is 6. The zero-order valence-corrected chi connectivity index (χ0v) is 19.4. The Hall–Kier alpha value is -2.08. The summed E-state index contributed by atoms with van der Waals surface area (Å²) in [6.45, 7) is 0.928. The predicted octanol–water partition coefficient (Wildman–Crippen LogP) is 2.89. The standard InChI is InChI=1S/C20H21IN2O6S/c1-28-18(25)12-29-15-6-5-13(9-14(15)21)10-16-19(26)23(20(27)30-16)11-17(24)22-7-3-2-4-8-22/h5-6,9-10H,2-4,7-8,11-12H2,1H3/b16-10-. The molecule has 160 valence electrons. The van der Waals surface area contributed by atoms with Crippen molar-refractivity contribution in [2.75, 3.05) is 33.4 Å². The Labute approximate surface area is 192 Å². The van der Waals surface area contributed by atoms with Crippen molar-refractivity contribution in [1.82, 2.24) is 9.80 Å². The molecule has 0 N–H and O–H groups in total. The van der Waals surface area contributed by atoms with Crippen LogP contribution < -0.4 is 4.74 Å². The number of imide groups is 1. The molecule has 0 bridgehead atoms. The number of methoxy groups -OCH3 is 1. The first kappa shape index (κ1) is 22.6. The van der Waals surface area contributed by atoms with Crippen LogP contribution >= 0.6 is 34.4 Å². The van der Waals surface area contributed by atoms with E-state index in [1.54, 1.807) is 29.2 Å². The molecule has 1 aromatic carbocycles. The van der Waals surface area contributed by atoms with E-state index in [9.17, 15) is 19.2 Å². The molecule has 0 spiro atoms. The van der Waals surface area contributed by atoms with E-state index >= 15 is 0 Å². The number of hydrogen-bond acceptors (Lipinski definition) is 7. The number of halogens is 1. The van der Waals surface area contributed by atoms with Crippen molar-refractivity contribution in [3.63, 3.8) is 0 Å². The number of piperidine rings is 1. The normalized spacial score (nSPS) is 18.1. The Kier molecular flexibility index (Phi) is 7.75. The molecule has 1 aromatic rings. The fourth-order valence-electron chi connectivity index (χ4n) is 3.09. The van der Waals surface area contributed by atoms with Gasteiger partial charge in [-0.05, 0) is 77.4 Å². The van der Waals surface area contributed by atoms with Crippen molar-refractivity contribution in [2.24, 2.45) is 0 Å². The lowest BCUT2D eigenvalue weighted by atomic mass is 10.1. The third-order valence-corrected chi connectivity index (χ3v) is 6.45. The van der Waals surface area contributed by atoms with Crippen LogP contribution in [0.15, 0.2) is 23.1 Å². The van der Waals surface area contributed by atoms with Crippen LogP contribution in [-0.4, -0.2) is 66.2 Å². The molecule has 0 unspecified atom stereocenters. The Morgan fingerprint density at radius 1 is 1.20 bits per heavy atom. The second-order valence-corrected chi connectivity index (χ2v) is 8.92. The van der Waals surface area contributed by atoms with Gasteiger partial charge in [0.2, 0.25) is 5.91 Å². The van der Waals surface area contributed by atoms with Gasteiger partial charge in [0.1, 0.15) is 12.3 Å². The zero-order chi connectivity index (χ0) is 21.7. The van der Waals surface area contributed by atoms with Crippen LogP contribution in [0.25, 0.3) is 6.08 Å². The number of hydrogen-bond donors (Lipinski definition) is 0. The number of ether oxygens (including phenoxy) is 2. The zero-order valence-electron chi connectivity index (χ0n) is 16.4. The quantitative estimate of drug-likeness (QED) is 0.309. The highest BCUT2D eigenvalue weighted by Gasteiger charge is 2.37. The van der Waals surface area contributed by atoms with Gasteiger partial charge in [-0.3, -0.25) is 19.3 Å². The molecule has 2 aliphatic rings. The minimum Gasteiger partial charge on any atom is -0.481 e. The molecule has 3 amide bonds. The average molecular weight is 544 g/mol. The van der Waals surface area contributed by atoms with Crippen LogP contribution in [-0.2, 0) is 19.1 Å². The summed E-state index contributed by atoms with van der Waals surface area (Å²) in [6, 6.07) is 5.18. The average Bonchev–Trinajstić information content (AvgIpc) is 3.00. The molecule has 0 aliphatic carbocycles. The van der Waals surface area contributed by atoms with E-state index < -0.39 is 17.1 Å². The lowest BCUT2D eigenvalue weighted by Gasteiger charge is -2.27. The van der Waals surface area contributed by atoms with Crippen LogP contribution in [0.5, 0.6) is 5.75 Å². The van der Waals surface area contributed by atoms with Gasteiger partial charge in [0.25, 0.3) is 11.1 Å². The van der Waals surface area contributed by atoms with Gasteiger partial charge in [-0.1, -0.05) is 6.07 Å². The smallest absolute Gasteiger partial charge is 0.343 e. The van der Waals surface area contributed by atoms with Crippen LogP contribution in [0, 0.1) is 3.57 Å². The second kappa shape index (κ2) is 10.3. The van der Waals surface area contributed by atoms with Crippen LogP contribution in [0.4, 0.5) is 4.79 Å². The van der Waals surface area contributed by atoms with Crippen molar-refractivity contribution < 1.29 is 28.7 Å². The molecule has 3 rings (SSSR count). The molecule has 10 heteroatoms. The van der Waals surface area contributed by atoms with E-state index in [0.29, 0.717) is 24.4 Å². The van der Waals surface area contributed by atoms with Crippen molar-refractivity contribution in [1.29, 1.82) is 0 Å². The number of amides is 3. The molecule has 2 aliphatic heterocycles. The summed E-state index contributed by atoms with van der Waals surface area (Å²) in [4.78, 5) is 51.6. The Morgan fingerprint density at radius 3 is 2.60 bits per heavy atom. The second-order valence-electron chi connectivity index (χ2n) is 6.76. The van der Waals surface area contributed by atoms with E-state index in [1.165, 1.54) is 7.11 Å². The van der Waals surface area contributed by atoms with E-state index in [2.05, 4.69) is 27.3 Å². The number of nitrogens with zero attached hydrogens (tertiary/aromatic N) is 2. The molecule has 0 saturated carbocycles. The molecule has 30 heavy (non-hydrogen) atoms. The van der Waals surface area contributed by atoms with Crippen LogP contribution in [0.1, 0.15) is 24.8 Å². The van der Waals surface area contributed by atoms with Crippen molar-refractivity contribution in [2.45, 2.75) is 19.3 Å². The van der Waals surface area contributed by atoms with Gasteiger partial charge in [0.15, 0.2) is 6.61 Å². The van der Waals surface area contributed by atoms with E-state index in [4.69, 9.17) is 4.74 Å². The number of likely N-dealkylation sites (tertiary alicyclic amines) is 1. The number of benzene rings is 1. The summed E-state index contributed by atoms with van der Waals surface area (Å²) in [7, 11) is 1.28. The highest BCUT2D eigenvalue weighted by molar-refractivity contribution is 14.1. The molecule has 2 saturated heterocycles. The number of carbonyl (C=O) groups excluding carboxylic acids is 4. The summed E-state index contributed by atoms with van der Waals surface area (Å²) in [5.41, 5.74) is 0.706. The topological polar surface area (TPSA) is 93.2 Å². The maximum Gasteiger partial charge on any atom is 0.343 e. The van der Waals surface area contributed by atoms with Gasteiger partial charge in [-0.25, -0.2) is 4.79 Å². The van der Waals surface area contributed by atoms with Crippen LogP contribution in [0.3, 0.4) is 0 Å². The Bertz CT molecular complexity index is 897. The highest BCUT2D eigenvalue weighted by Crippen LogP contribution is 2.33. The van der Waals surface area contributed by atoms with Crippen molar-refractivity contribution in [3.05, 3.63) is 32.2 Å². The van der Waals surface area contributed by atoms with Crippen LogP contribution in [0.2, 0.25) is 0 Å². The van der Waals surface area contributed by atoms with Crippen molar-refractivity contribution >= 4 is 63.5 Å². The lowest BCUT2D eigenvalue weighted by molar-refractivity contribution is -0.143. The minimum absolute atomic E-state index is 0.195. The summed E-state index contributed by atoms with van der Waals surface area (Å²) < 4.78 is 10.7.